The molecule has 0 radical (unpaired) electrons. The van der Waals surface area contributed by atoms with Crippen molar-refractivity contribution >= 4 is 11.8 Å². The van der Waals surface area contributed by atoms with E-state index in [9.17, 15) is 18.4 Å². The third kappa shape index (κ3) is 4.22. The standard InChI is InChI=1S/C19H19F2N3O2/c20-15-1-2-16(17(21)11-15)19(26)24-9-5-14(6-10-24)18(25)23-12-13-3-7-22-8-4-13/h1-4,7-8,11,14H,5-6,9-10,12H2,(H,23,25). The Balaban J connectivity index is 1.52. The molecule has 1 N–H and O–H groups in total. The number of halogens is 2. The second-order valence-electron chi connectivity index (χ2n) is 6.26. The van der Waals surface area contributed by atoms with Gasteiger partial charge in [0.05, 0.1) is 5.56 Å². The molecule has 2 aromatic rings. The van der Waals surface area contributed by atoms with Crippen LogP contribution < -0.4 is 5.32 Å². The molecule has 2 heterocycles. The quantitative estimate of drug-likeness (QED) is 0.913. The highest BCUT2D eigenvalue weighted by Crippen LogP contribution is 2.21. The van der Waals surface area contributed by atoms with Gasteiger partial charge in [-0.05, 0) is 42.7 Å². The van der Waals surface area contributed by atoms with E-state index in [1.807, 2.05) is 12.1 Å². The molecule has 1 aromatic carbocycles. The van der Waals surface area contributed by atoms with Crippen LogP contribution in [0.2, 0.25) is 0 Å². The second kappa shape index (κ2) is 8.03. The van der Waals surface area contributed by atoms with E-state index in [-0.39, 0.29) is 17.4 Å². The highest BCUT2D eigenvalue weighted by Gasteiger charge is 2.28. The van der Waals surface area contributed by atoms with Crippen molar-refractivity contribution in [3.05, 3.63) is 65.5 Å². The summed E-state index contributed by atoms with van der Waals surface area (Å²) in [4.78, 5) is 30.1. The number of benzene rings is 1. The lowest BCUT2D eigenvalue weighted by Gasteiger charge is -2.31. The van der Waals surface area contributed by atoms with Crippen LogP contribution in [-0.4, -0.2) is 34.8 Å². The molecule has 0 bridgehead atoms. The molecular weight excluding hydrogens is 340 g/mol. The molecule has 1 fully saturated rings. The summed E-state index contributed by atoms with van der Waals surface area (Å²) in [5.41, 5.74) is 0.819. The topological polar surface area (TPSA) is 62.3 Å². The Morgan fingerprint density at radius 1 is 1.12 bits per heavy atom. The Bertz CT molecular complexity index is 791. The molecule has 3 rings (SSSR count). The summed E-state index contributed by atoms with van der Waals surface area (Å²) < 4.78 is 26.7. The smallest absolute Gasteiger partial charge is 0.256 e. The number of rotatable bonds is 4. The third-order valence-corrected chi connectivity index (χ3v) is 4.53. The predicted molar refractivity (Wildman–Crippen MR) is 91.1 cm³/mol. The number of nitrogens with one attached hydrogen (secondary N) is 1. The summed E-state index contributed by atoms with van der Waals surface area (Å²) in [5.74, 6) is -2.30. The molecule has 136 valence electrons. The molecule has 1 aromatic heterocycles. The molecule has 1 aliphatic heterocycles. The Morgan fingerprint density at radius 3 is 2.46 bits per heavy atom. The van der Waals surface area contributed by atoms with Crippen LogP contribution in [0.1, 0.15) is 28.8 Å². The number of likely N-dealkylation sites (tertiary alicyclic amines) is 1. The van der Waals surface area contributed by atoms with Gasteiger partial charge in [-0.2, -0.15) is 0 Å². The lowest BCUT2D eigenvalue weighted by molar-refractivity contribution is -0.126. The van der Waals surface area contributed by atoms with Gasteiger partial charge in [0.2, 0.25) is 5.91 Å². The molecule has 0 aliphatic carbocycles. The number of hydrogen-bond donors (Lipinski definition) is 1. The van der Waals surface area contributed by atoms with Crippen molar-refractivity contribution in [3.63, 3.8) is 0 Å². The van der Waals surface area contributed by atoms with Crippen LogP contribution >= 0.6 is 0 Å². The maximum atomic E-state index is 13.8. The average molecular weight is 359 g/mol. The van der Waals surface area contributed by atoms with Crippen molar-refractivity contribution in [3.8, 4) is 0 Å². The van der Waals surface area contributed by atoms with Crippen molar-refractivity contribution in [1.29, 1.82) is 0 Å². The van der Waals surface area contributed by atoms with Crippen LogP contribution in [-0.2, 0) is 11.3 Å². The number of amides is 2. The molecule has 1 saturated heterocycles. The van der Waals surface area contributed by atoms with E-state index in [4.69, 9.17) is 0 Å². The minimum Gasteiger partial charge on any atom is -0.352 e. The van der Waals surface area contributed by atoms with Crippen LogP contribution in [0.3, 0.4) is 0 Å². The van der Waals surface area contributed by atoms with E-state index >= 15 is 0 Å². The molecule has 5 nitrogen and oxygen atoms in total. The number of carbonyl (C=O) groups excluding carboxylic acids is 2. The molecular formula is C19H19F2N3O2. The van der Waals surface area contributed by atoms with Gasteiger partial charge in [-0.3, -0.25) is 14.6 Å². The van der Waals surface area contributed by atoms with Crippen molar-refractivity contribution in [2.24, 2.45) is 5.92 Å². The first kappa shape index (κ1) is 18.0. The molecule has 0 spiro atoms. The number of piperidine rings is 1. The lowest BCUT2D eigenvalue weighted by Crippen LogP contribution is -2.43. The van der Waals surface area contributed by atoms with Crippen molar-refractivity contribution in [2.75, 3.05) is 13.1 Å². The van der Waals surface area contributed by atoms with Crippen LogP contribution in [0.5, 0.6) is 0 Å². The van der Waals surface area contributed by atoms with Gasteiger partial charge in [0.15, 0.2) is 0 Å². The van der Waals surface area contributed by atoms with Crippen LogP contribution in [0.4, 0.5) is 8.78 Å². The highest BCUT2D eigenvalue weighted by molar-refractivity contribution is 5.94. The number of pyridine rings is 1. The fourth-order valence-corrected chi connectivity index (χ4v) is 3.01. The van der Waals surface area contributed by atoms with E-state index in [0.29, 0.717) is 38.5 Å². The third-order valence-electron chi connectivity index (χ3n) is 4.53. The number of hydrogen-bond acceptors (Lipinski definition) is 3. The molecule has 7 heteroatoms. The Morgan fingerprint density at radius 2 is 1.81 bits per heavy atom. The minimum absolute atomic E-state index is 0.0538. The SMILES string of the molecule is O=C(NCc1ccncc1)C1CCN(C(=O)c2ccc(F)cc2F)CC1. The van der Waals surface area contributed by atoms with E-state index in [2.05, 4.69) is 10.3 Å². The summed E-state index contributed by atoms with van der Waals surface area (Å²) in [6, 6.07) is 6.58. The van der Waals surface area contributed by atoms with E-state index < -0.39 is 17.5 Å². The van der Waals surface area contributed by atoms with Crippen LogP contribution in [0.15, 0.2) is 42.7 Å². The first-order chi connectivity index (χ1) is 12.5. The fourth-order valence-electron chi connectivity index (χ4n) is 3.01. The normalized spacial score (nSPS) is 14.9. The summed E-state index contributed by atoms with van der Waals surface area (Å²) in [7, 11) is 0. The van der Waals surface area contributed by atoms with Gasteiger partial charge in [0, 0.05) is 44.0 Å². The largest absolute Gasteiger partial charge is 0.352 e. The van der Waals surface area contributed by atoms with Crippen molar-refractivity contribution in [2.45, 2.75) is 19.4 Å². The molecule has 0 saturated carbocycles. The molecule has 0 unspecified atom stereocenters. The first-order valence-electron chi connectivity index (χ1n) is 8.45. The van der Waals surface area contributed by atoms with Crippen LogP contribution in [0.25, 0.3) is 0 Å². The Kier molecular flexibility index (Phi) is 5.55. The van der Waals surface area contributed by atoms with Gasteiger partial charge in [-0.25, -0.2) is 8.78 Å². The first-order valence-corrected chi connectivity index (χ1v) is 8.45. The Labute approximate surface area is 150 Å². The molecule has 1 aliphatic rings. The molecule has 26 heavy (non-hydrogen) atoms. The van der Waals surface area contributed by atoms with Gasteiger partial charge < -0.3 is 10.2 Å². The Hall–Kier alpha value is -2.83. The van der Waals surface area contributed by atoms with Gasteiger partial charge in [0.25, 0.3) is 5.91 Å². The van der Waals surface area contributed by atoms with Gasteiger partial charge in [0.1, 0.15) is 11.6 Å². The molecule has 0 atom stereocenters. The maximum absolute atomic E-state index is 13.8. The number of carbonyl (C=O) groups is 2. The predicted octanol–water partition coefficient (Wildman–Crippen LogP) is 2.53. The summed E-state index contributed by atoms with van der Waals surface area (Å²) in [6.07, 6.45) is 4.35. The van der Waals surface area contributed by atoms with Crippen molar-refractivity contribution in [1.82, 2.24) is 15.2 Å². The van der Waals surface area contributed by atoms with Crippen LogP contribution in [0, 0.1) is 17.6 Å². The molecule has 2 amide bonds. The lowest BCUT2D eigenvalue weighted by atomic mass is 9.95. The zero-order chi connectivity index (χ0) is 18.5. The summed E-state index contributed by atoms with van der Waals surface area (Å²) in [5, 5.41) is 2.89. The average Bonchev–Trinajstić information content (AvgIpc) is 2.66. The monoisotopic (exact) mass is 359 g/mol. The van der Waals surface area contributed by atoms with Gasteiger partial charge in [-0.15, -0.1) is 0 Å². The minimum atomic E-state index is -0.868. The van der Waals surface area contributed by atoms with E-state index in [1.54, 1.807) is 12.4 Å². The van der Waals surface area contributed by atoms with E-state index in [1.165, 1.54) is 4.90 Å². The van der Waals surface area contributed by atoms with Gasteiger partial charge >= 0.3 is 0 Å². The summed E-state index contributed by atoms with van der Waals surface area (Å²) >= 11 is 0. The number of aromatic nitrogens is 1. The van der Waals surface area contributed by atoms with E-state index in [0.717, 1.165) is 17.7 Å². The zero-order valence-electron chi connectivity index (χ0n) is 14.1. The van der Waals surface area contributed by atoms with Gasteiger partial charge in [-0.1, -0.05) is 0 Å². The fraction of sp³-hybridized carbons (Fsp3) is 0.316. The number of nitrogens with zero attached hydrogens (tertiary/aromatic N) is 2. The zero-order valence-corrected chi connectivity index (χ0v) is 14.1. The maximum Gasteiger partial charge on any atom is 0.256 e. The summed E-state index contributed by atoms with van der Waals surface area (Å²) in [6.45, 7) is 1.16. The van der Waals surface area contributed by atoms with Crippen molar-refractivity contribution < 1.29 is 18.4 Å². The highest BCUT2D eigenvalue weighted by atomic mass is 19.1. The second-order valence-corrected chi connectivity index (χ2v) is 6.26.